The van der Waals surface area contributed by atoms with Crippen LogP contribution < -0.4 is 16.0 Å². The summed E-state index contributed by atoms with van der Waals surface area (Å²) < 4.78 is 4.51. The molecule has 0 aliphatic rings. The molecule has 0 saturated heterocycles. The van der Waals surface area contributed by atoms with Crippen LogP contribution in [0.5, 0.6) is 0 Å². The second-order valence-corrected chi connectivity index (χ2v) is 4.71. The number of carbonyl (C=O) groups is 2. The zero-order valence-corrected chi connectivity index (χ0v) is 12.7. The summed E-state index contributed by atoms with van der Waals surface area (Å²) in [6.45, 7) is 0.830. The lowest BCUT2D eigenvalue weighted by atomic mass is 10.2. The molecule has 0 unspecified atom stereocenters. The van der Waals surface area contributed by atoms with Gasteiger partial charge in [0, 0.05) is 31.2 Å². The number of pyridine rings is 1. The molecule has 0 spiro atoms. The number of amides is 3. The molecule has 1 aromatic carbocycles. The van der Waals surface area contributed by atoms with Crippen molar-refractivity contribution in [3.63, 3.8) is 0 Å². The highest BCUT2D eigenvalue weighted by Crippen LogP contribution is 2.09. The van der Waals surface area contributed by atoms with E-state index < -0.39 is 6.09 Å². The summed E-state index contributed by atoms with van der Waals surface area (Å²) in [6, 6.07) is 10.5. The fraction of sp³-hybridized carbons (Fsp3) is 0.188. The van der Waals surface area contributed by atoms with Crippen LogP contribution in [0, 0.1) is 0 Å². The number of carbonyl (C=O) groups excluding carboxylic acids is 2. The maximum absolute atomic E-state index is 11.7. The van der Waals surface area contributed by atoms with Gasteiger partial charge < -0.3 is 15.4 Å². The monoisotopic (exact) mass is 314 g/mol. The Labute approximate surface area is 134 Å². The molecule has 7 heteroatoms. The Morgan fingerprint density at radius 3 is 2.09 bits per heavy atom. The highest BCUT2D eigenvalue weighted by atomic mass is 16.5. The lowest BCUT2D eigenvalue weighted by Crippen LogP contribution is -2.34. The number of methoxy groups -OCH3 is 1. The van der Waals surface area contributed by atoms with Gasteiger partial charge in [0.05, 0.1) is 7.11 Å². The minimum absolute atomic E-state index is 0.251. The summed E-state index contributed by atoms with van der Waals surface area (Å²) in [5, 5.41) is 8.08. The van der Waals surface area contributed by atoms with Gasteiger partial charge in [-0.25, -0.2) is 9.59 Å². The Morgan fingerprint density at radius 2 is 1.52 bits per heavy atom. The van der Waals surface area contributed by atoms with E-state index in [1.165, 1.54) is 7.11 Å². The largest absolute Gasteiger partial charge is 0.453 e. The number of rotatable bonds is 5. The molecule has 2 aromatic rings. The van der Waals surface area contributed by atoms with E-state index in [0.29, 0.717) is 18.8 Å². The van der Waals surface area contributed by atoms with E-state index in [0.717, 1.165) is 11.1 Å². The molecular formula is C16H18N4O3. The summed E-state index contributed by atoms with van der Waals surface area (Å²) in [4.78, 5) is 26.7. The zero-order chi connectivity index (χ0) is 16.5. The van der Waals surface area contributed by atoms with Gasteiger partial charge in [0.2, 0.25) is 0 Å². The van der Waals surface area contributed by atoms with Gasteiger partial charge in [-0.05, 0) is 35.4 Å². The van der Waals surface area contributed by atoms with E-state index in [1.54, 1.807) is 24.5 Å². The third kappa shape index (κ3) is 5.66. The predicted octanol–water partition coefficient (Wildman–Crippen LogP) is 2.26. The molecule has 7 nitrogen and oxygen atoms in total. The van der Waals surface area contributed by atoms with Crippen LogP contribution in [-0.2, 0) is 17.8 Å². The van der Waals surface area contributed by atoms with Gasteiger partial charge in [-0.3, -0.25) is 10.3 Å². The van der Waals surface area contributed by atoms with Crippen LogP contribution >= 0.6 is 0 Å². The van der Waals surface area contributed by atoms with E-state index in [2.05, 4.69) is 25.7 Å². The normalized spacial score (nSPS) is 9.78. The van der Waals surface area contributed by atoms with Crippen LogP contribution in [0.1, 0.15) is 11.1 Å². The fourth-order valence-electron chi connectivity index (χ4n) is 1.80. The number of nitrogens with one attached hydrogen (secondary N) is 3. The Balaban J connectivity index is 1.74. The molecular weight excluding hydrogens is 296 g/mol. The summed E-state index contributed by atoms with van der Waals surface area (Å²) in [7, 11) is 1.30. The number of anilines is 1. The van der Waals surface area contributed by atoms with Crippen molar-refractivity contribution >= 4 is 17.8 Å². The lowest BCUT2D eigenvalue weighted by molar-refractivity contribution is 0.187. The average molecular weight is 314 g/mol. The van der Waals surface area contributed by atoms with Crippen LogP contribution in [0.25, 0.3) is 0 Å². The van der Waals surface area contributed by atoms with E-state index in [1.807, 2.05) is 24.3 Å². The summed E-state index contributed by atoms with van der Waals surface area (Å²) in [6.07, 6.45) is 2.84. The third-order valence-corrected chi connectivity index (χ3v) is 3.04. The van der Waals surface area contributed by atoms with Crippen LogP contribution in [0.15, 0.2) is 48.8 Å². The number of benzene rings is 1. The average Bonchev–Trinajstić information content (AvgIpc) is 2.60. The molecule has 1 aromatic heterocycles. The highest BCUT2D eigenvalue weighted by molar-refractivity contribution is 5.84. The number of nitrogens with zero attached hydrogens (tertiary/aromatic N) is 1. The molecule has 120 valence electrons. The molecule has 0 aliphatic carbocycles. The first-order chi connectivity index (χ1) is 11.2. The number of hydrogen-bond donors (Lipinski definition) is 3. The summed E-state index contributed by atoms with van der Waals surface area (Å²) in [5.74, 6) is 0. The topological polar surface area (TPSA) is 92.4 Å². The Hall–Kier alpha value is -3.09. The number of ether oxygens (including phenoxy) is 1. The van der Waals surface area contributed by atoms with E-state index in [9.17, 15) is 9.59 Å². The maximum Gasteiger partial charge on any atom is 0.411 e. The number of urea groups is 1. The number of aromatic nitrogens is 1. The van der Waals surface area contributed by atoms with Gasteiger partial charge in [-0.15, -0.1) is 0 Å². The van der Waals surface area contributed by atoms with Crippen molar-refractivity contribution in [3.8, 4) is 0 Å². The molecule has 0 bridgehead atoms. The lowest BCUT2D eigenvalue weighted by Gasteiger charge is -2.08. The molecule has 23 heavy (non-hydrogen) atoms. The van der Waals surface area contributed by atoms with Crippen LogP contribution in [0.3, 0.4) is 0 Å². The molecule has 3 amide bonds. The van der Waals surface area contributed by atoms with Crippen LogP contribution in [0.2, 0.25) is 0 Å². The molecule has 0 fully saturated rings. The first kappa shape index (κ1) is 16.3. The predicted molar refractivity (Wildman–Crippen MR) is 85.8 cm³/mol. The Kier molecular flexibility index (Phi) is 5.93. The smallest absolute Gasteiger partial charge is 0.411 e. The zero-order valence-electron chi connectivity index (χ0n) is 12.7. The quantitative estimate of drug-likeness (QED) is 0.789. The summed E-state index contributed by atoms with van der Waals surface area (Å²) in [5.41, 5.74) is 2.52. The van der Waals surface area contributed by atoms with Crippen LogP contribution in [0.4, 0.5) is 15.3 Å². The van der Waals surface area contributed by atoms with Gasteiger partial charge in [-0.2, -0.15) is 0 Å². The van der Waals surface area contributed by atoms with Crippen molar-refractivity contribution in [2.45, 2.75) is 13.1 Å². The van der Waals surface area contributed by atoms with E-state index in [4.69, 9.17) is 0 Å². The van der Waals surface area contributed by atoms with Crippen LogP contribution in [-0.4, -0.2) is 24.2 Å². The van der Waals surface area contributed by atoms with Gasteiger partial charge in [0.1, 0.15) is 0 Å². The fourth-order valence-corrected chi connectivity index (χ4v) is 1.80. The molecule has 1 heterocycles. The minimum atomic E-state index is -0.522. The first-order valence-electron chi connectivity index (χ1n) is 7.02. The molecule has 0 radical (unpaired) electrons. The standard InChI is InChI=1S/C16H18N4O3/c1-23-16(22)20-14-4-2-12(3-5-14)10-18-15(21)19-11-13-6-8-17-9-7-13/h2-9H,10-11H2,1H3,(H,20,22)(H2,18,19,21). The molecule has 2 rings (SSSR count). The van der Waals surface area contributed by atoms with Crippen molar-refractivity contribution in [2.75, 3.05) is 12.4 Å². The van der Waals surface area contributed by atoms with Gasteiger partial charge in [-0.1, -0.05) is 12.1 Å². The van der Waals surface area contributed by atoms with Gasteiger partial charge in [0.15, 0.2) is 0 Å². The molecule has 0 saturated carbocycles. The van der Waals surface area contributed by atoms with Crippen molar-refractivity contribution in [3.05, 3.63) is 59.9 Å². The molecule has 0 aliphatic heterocycles. The maximum atomic E-state index is 11.7. The van der Waals surface area contributed by atoms with Gasteiger partial charge >= 0.3 is 12.1 Å². The summed E-state index contributed by atoms with van der Waals surface area (Å²) >= 11 is 0. The van der Waals surface area contributed by atoms with Crippen molar-refractivity contribution in [1.82, 2.24) is 15.6 Å². The second kappa shape index (κ2) is 8.38. The van der Waals surface area contributed by atoms with E-state index in [-0.39, 0.29) is 6.03 Å². The molecule has 0 atom stereocenters. The first-order valence-corrected chi connectivity index (χ1v) is 7.02. The van der Waals surface area contributed by atoms with Crippen molar-refractivity contribution in [1.29, 1.82) is 0 Å². The highest BCUT2D eigenvalue weighted by Gasteiger charge is 2.02. The Bertz CT molecular complexity index is 644. The number of hydrogen-bond acceptors (Lipinski definition) is 4. The van der Waals surface area contributed by atoms with Gasteiger partial charge in [0.25, 0.3) is 0 Å². The Morgan fingerprint density at radius 1 is 0.957 bits per heavy atom. The van der Waals surface area contributed by atoms with Crippen molar-refractivity contribution in [2.24, 2.45) is 0 Å². The second-order valence-electron chi connectivity index (χ2n) is 4.71. The minimum Gasteiger partial charge on any atom is -0.453 e. The SMILES string of the molecule is COC(=O)Nc1ccc(CNC(=O)NCc2ccncc2)cc1. The molecule has 3 N–H and O–H groups in total. The van der Waals surface area contributed by atoms with E-state index >= 15 is 0 Å². The third-order valence-electron chi connectivity index (χ3n) is 3.04. The van der Waals surface area contributed by atoms with Crippen molar-refractivity contribution < 1.29 is 14.3 Å².